The van der Waals surface area contributed by atoms with Gasteiger partial charge in [0.1, 0.15) is 0 Å². The normalized spacial score (nSPS) is 33.0. The van der Waals surface area contributed by atoms with Crippen LogP contribution in [0.2, 0.25) is 0 Å². The van der Waals surface area contributed by atoms with Crippen molar-refractivity contribution in [2.75, 3.05) is 13.7 Å². The molecule has 4 heteroatoms. The van der Waals surface area contributed by atoms with Crippen molar-refractivity contribution in [2.24, 2.45) is 5.92 Å². The first-order valence-electron chi connectivity index (χ1n) is 9.28. The molecule has 130 valence electrons. The zero-order valence-corrected chi connectivity index (χ0v) is 14.8. The lowest BCUT2D eigenvalue weighted by atomic mass is 9.57. The van der Waals surface area contributed by atoms with Crippen LogP contribution < -0.4 is 0 Å². The standard InChI is InChI=1S/C20H28N2O2/c1-3-20-8-7-19(23,13-24-2)10-15(20)5-4-6-16-17-12-22-21-11-14(17)9-18(16)20/h9,11-12,15,22-23H,3-8,10,13H2,1-2H3/t15?,19-,20?/m1/s1. The molecule has 0 spiro atoms. The van der Waals surface area contributed by atoms with Gasteiger partial charge in [-0.1, -0.05) is 6.92 Å². The Hall–Kier alpha value is -1.39. The van der Waals surface area contributed by atoms with E-state index in [9.17, 15) is 5.11 Å². The highest BCUT2D eigenvalue weighted by atomic mass is 16.5. The molecule has 1 aliphatic heterocycles. The highest BCUT2D eigenvalue weighted by Gasteiger charge is 2.50. The number of fused-ring (bicyclic) bond motifs is 5. The van der Waals surface area contributed by atoms with Gasteiger partial charge in [0.15, 0.2) is 0 Å². The molecule has 1 heterocycles. The Kier molecular flexibility index (Phi) is 3.92. The van der Waals surface area contributed by atoms with Crippen LogP contribution >= 0.6 is 0 Å². The van der Waals surface area contributed by atoms with Crippen LogP contribution in [0, 0.1) is 5.92 Å². The topological polar surface area (TPSA) is 58.1 Å². The fraction of sp³-hybridized carbons (Fsp3) is 0.650. The van der Waals surface area contributed by atoms with Crippen LogP contribution in [0.1, 0.15) is 56.6 Å². The third-order valence-electron chi connectivity index (χ3n) is 6.75. The molecule has 0 aromatic rings. The number of ether oxygens (including phenoxy) is 1. The van der Waals surface area contributed by atoms with E-state index in [0.717, 1.165) is 32.1 Å². The molecule has 0 radical (unpaired) electrons. The zero-order valence-electron chi connectivity index (χ0n) is 14.8. The van der Waals surface area contributed by atoms with E-state index in [4.69, 9.17) is 4.74 Å². The van der Waals surface area contributed by atoms with E-state index >= 15 is 0 Å². The lowest BCUT2D eigenvalue weighted by molar-refractivity contribution is -0.0903. The average molecular weight is 328 g/mol. The molecule has 2 unspecified atom stereocenters. The van der Waals surface area contributed by atoms with Crippen molar-refractivity contribution in [3.8, 4) is 11.1 Å². The Morgan fingerprint density at radius 3 is 3.08 bits per heavy atom. The van der Waals surface area contributed by atoms with Gasteiger partial charge < -0.3 is 9.84 Å². The molecule has 0 bridgehead atoms. The minimum Gasteiger partial charge on any atom is -0.387 e. The first-order chi connectivity index (χ1) is 11.6. The Balaban J connectivity index is 1.81. The summed E-state index contributed by atoms with van der Waals surface area (Å²) < 4.78 is 5.32. The first-order valence-corrected chi connectivity index (χ1v) is 9.28. The van der Waals surface area contributed by atoms with Crippen molar-refractivity contribution in [1.82, 2.24) is 10.2 Å². The summed E-state index contributed by atoms with van der Waals surface area (Å²) >= 11 is 0. The number of aromatic amines is 1. The van der Waals surface area contributed by atoms with E-state index in [-0.39, 0.29) is 5.41 Å². The van der Waals surface area contributed by atoms with Crippen LogP contribution in [0.25, 0.3) is 11.1 Å². The third-order valence-corrected chi connectivity index (χ3v) is 6.75. The summed E-state index contributed by atoms with van der Waals surface area (Å²) in [5, 5.41) is 18.2. The minimum absolute atomic E-state index is 0.199. The number of methoxy groups -OCH3 is 1. The summed E-state index contributed by atoms with van der Waals surface area (Å²) in [6.45, 7) is 2.78. The number of H-pyrrole nitrogens is 1. The summed E-state index contributed by atoms with van der Waals surface area (Å²) in [5.41, 5.74) is 5.19. The van der Waals surface area contributed by atoms with Gasteiger partial charge >= 0.3 is 0 Å². The van der Waals surface area contributed by atoms with Crippen molar-refractivity contribution in [2.45, 2.75) is 62.9 Å². The zero-order chi connectivity index (χ0) is 16.8. The number of hydrogen-bond donors (Lipinski definition) is 2. The summed E-state index contributed by atoms with van der Waals surface area (Å²) in [5.74, 6) is 0.534. The van der Waals surface area contributed by atoms with E-state index in [0.29, 0.717) is 12.5 Å². The summed E-state index contributed by atoms with van der Waals surface area (Å²) in [6, 6.07) is 2.38. The molecular formula is C20H28N2O2. The predicted octanol–water partition coefficient (Wildman–Crippen LogP) is 3.68. The fourth-order valence-electron chi connectivity index (χ4n) is 5.57. The summed E-state index contributed by atoms with van der Waals surface area (Å²) in [4.78, 5) is 0. The molecule has 0 saturated heterocycles. The second-order valence-electron chi connectivity index (χ2n) is 7.90. The highest BCUT2D eigenvalue weighted by Crippen LogP contribution is 2.55. The first kappa shape index (κ1) is 16.1. The molecule has 4 nitrogen and oxygen atoms in total. The molecule has 24 heavy (non-hydrogen) atoms. The second-order valence-corrected chi connectivity index (χ2v) is 7.90. The molecule has 4 aliphatic rings. The van der Waals surface area contributed by atoms with E-state index in [1.165, 1.54) is 35.1 Å². The SMILES string of the molecule is CCC12CC[C@](O)(COC)CC1CCCc1c3c[nH]ncc-3cc12. The molecule has 3 atom stereocenters. The largest absolute Gasteiger partial charge is 0.387 e. The molecule has 1 fully saturated rings. The second kappa shape index (κ2) is 5.85. The Labute approximate surface area is 144 Å². The molecule has 0 aromatic heterocycles. The Bertz CT molecular complexity index is 697. The van der Waals surface area contributed by atoms with Crippen LogP contribution in [0.5, 0.6) is 0 Å². The number of nitrogens with one attached hydrogen (secondary N) is 1. The van der Waals surface area contributed by atoms with E-state index in [1.54, 1.807) is 7.11 Å². The molecule has 3 aliphatic carbocycles. The van der Waals surface area contributed by atoms with Crippen molar-refractivity contribution < 1.29 is 9.84 Å². The molecule has 2 N–H and O–H groups in total. The predicted molar refractivity (Wildman–Crippen MR) is 94.3 cm³/mol. The van der Waals surface area contributed by atoms with Crippen LogP contribution in [0.15, 0.2) is 18.5 Å². The van der Waals surface area contributed by atoms with Crippen LogP contribution in [-0.4, -0.2) is 34.6 Å². The van der Waals surface area contributed by atoms with Gasteiger partial charge in [-0.15, -0.1) is 0 Å². The number of rotatable bonds is 3. The molecular weight excluding hydrogens is 300 g/mol. The lowest BCUT2D eigenvalue weighted by Crippen LogP contribution is -2.49. The maximum atomic E-state index is 11.0. The summed E-state index contributed by atoms with van der Waals surface area (Å²) in [6.07, 6.45) is 11.4. The number of aliphatic hydroxyl groups is 1. The van der Waals surface area contributed by atoms with Gasteiger partial charge in [0, 0.05) is 24.4 Å². The molecule has 0 aromatic carbocycles. The van der Waals surface area contributed by atoms with Crippen LogP contribution in [0.3, 0.4) is 0 Å². The fourth-order valence-corrected chi connectivity index (χ4v) is 5.57. The van der Waals surface area contributed by atoms with Crippen LogP contribution in [0.4, 0.5) is 0 Å². The van der Waals surface area contributed by atoms with E-state index in [1.807, 2.05) is 6.20 Å². The van der Waals surface area contributed by atoms with Gasteiger partial charge in [0.05, 0.1) is 18.4 Å². The van der Waals surface area contributed by atoms with Crippen molar-refractivity contribution in [3.05, 3.63) is 29.6 Å². The third kappa shape index (κ3) is 2.31. The number of nitrogens with zero attached hydrogens (tertiary/aromatic N) is 1. The van der Waals surface area contributed by atoms with Crippen molar-refractivity contribution >= 4 is 0 Å². The quantitative estimate of drug-likeness (QED) is 0.904. The van der Waals surface area contributed by atoms with Crippen molar-refractivity contribution in [1.29, 1.82) is 0 Å². The van der Waals surface area contributed by atoms with E-state index in [2.05, 4.69) is 29.4 Å². The van der Waals surface area contributed by atoms with Crippen LogP contribution in [-0.2, 0) is 16.6 Å². The molecule has 1 saturated carbocycles. The smallest absolute Gasteiger partial charge is 0.0883 e. The van der Waals surface area contributed by atoms with Gasteiger partial charge in [-0.2, -0.15) is 5.10 Å². The number of aromatic nitrogens is 2. The minimum atomic E-state index is -0.649. The van der Waals surface area contributed by atoms with Gasteiger partial charge in [-0.3, -0.25) is 5.10 Å². The molecule has 0 amide bonds. The van der Waals surface area contributed by atoms with Gasteiger partial charge in [-0.05, 0) is 73.5 Å². The van der Waals surface area contributed by atoms with Gasteiger partial charge in [0.2, 0.25) is 0 Å². The number of hydrogen-bond acceptors (Lipinski definition) is 3. The summed E-state index contributed by atoms with van der Waals surface area (Å²) in [7, 11) is 1.69. The van der Waals surface area contributed by atoms with Gasteiger partial charge in [-0.25, -0.2) is 0 Å². The average Bonchev–Trinajstić information content (AvgIpc) is 2.88. The highest BCUT2D eigenvalue weighted by molar-refractivity contribution is 5.73. The Morgan fingerprint density at radius 1 is 1.42 bits per heavy atom. The maximum Gasteiger partial charge on any atom is 0.0883 e. The molecule has 4 rings (SSSR count). The maximum absolute atomic E-state index is 11.0. The van der Waals surface area contributed by atoms with Gasteiger partial charge in [0.25, 0.3) is 0 Å². The van der Waals surface area contributed by atoms with E-state index < -0.39 is 5.60 Å². The Morgan fingerprint density at radius 2 is 2.29 bits per heavy atom. The van der Waals surface area contributed by atoms with Crippen molar-refractivity contribution in [3.63, 3.8) is 0 Å². The lowest BCUT2D eigenvalue weighted by Gasteiger charge is -2.49. The monoisotopic (exact) mass is 328 g/mol.